The van der Waals surface area contributed by atoms with Crippen LogP contribution in [0.5, 0.6) is 5.75 Å². The van der Waals surface area contributed by atoms with E-state index in [1.54, 1.807) is 37.5 Å². The fraction of sp³-hybridized carbons (Fsp3) is 0.167. The summed E-state index contributed by atoms with van der Waals surface area (Å²) in [5.41, 5.74) is 1.87. The molecule has 2 rings (SSSR count). The number of carbonyl (C=O) groups is 1. The highest BCUT2D eigenvalue weighted by atomic mass is 16.5. The van der Waals surface area contributed by atoms with Gasteiger partial charge >= 0.3 is 0 Å². The van der Waals surface area contributed by atoms with E-state index >= 15 is 0 Å². The lowest BCUT2D eigenvalue weighted by Crippen LogP contribution is -2.27. The number of nitrogens with one attached hydrogen (secondary N) is 1. The van der Waals surface area contributed by atoms with Crippen LogP contribution in [0.3, 0.4) is 0 Å². The number of ether oxygens (including phenoxy) is 1. The van der Waals surface area contributed by atoms with Gasteiger partial charge in [0.1, 0.15) is 5.75 Å². The minimum Gasteiger partial charge on any atom is -0.508 e. The van der Waals surface area contributed by atoms with Gasteiger partial charge < -0.3 is 15.2 Å². The van der Waals surface area contributed by atoms with Crippen LogP contribution in [-0.2, 0) is 9.53 Å². The van der Waals surface area contributed by atoms with Crippen LogP contribution in [0.2, 0.25) is 0 Å². The second-order valence-electron chi connectivity index (χ2n) is 4.81. The second kappa shape index (κ2) is 8.00. The predicted molar refractivity (Wildman–Crippen MR) is 86.3 cm³/mol. The second-order valence-corrected chi connectivity index (χ2v) is 4.81. The van der Waals surface area contributed by atoms with Crippen molar-refractivity contribution >= 4 is 12.0 Å². The fourth-order valence-corrected chi connectivity index (χ4v) is 2.01. The molecule has 22 heavy (non-hydrogen) atoms. The topological polar surface area (TPSA) is 58.6 Å². The molecule has 2 aromatic rings. The van der Waals surface area contributed by atoms with E-state index in [1.165, 1.54) is 6.08 Å². The summed E-state index contributed by atoms with van der Waals surface area (Å²) in [5.74, 6) is 0.0125. The van der Waals surface area contributed by atoms with E-state index in [0.29, 0.717) is 6.54 Å². The van der Waals surface area contributed by atoms with Crippen LogP contribution in [0.25, 0.3) is 6.08 Å². The van der Waals surface area contributed by atoms with Crippen LogP contribution in [0.15, 0.2) is 60.7 Å². The third kappa shape index (κ3) is 4.75. The number of amides is 1. The molecule has 4 heteroatoms. The summed E-state index contributed by atoms with van der Waals surface area (Å²) in [4.78, 5) is 11.8. The Labute approximate surface area is 130 Å². The first-order valence-electron chi connectivity index (χ1n) is 7.01. The molecule has 0 spiro atoms. The predicted octanol–water partition coefficient (Wildman–Crippen LogP) is 2.91. The zero-order chi connectivity index (χ0) is 15.8. The summed E-state index contributed by atoms with van der Waals surface area (Å²) in [5, 5.41) is 12.0. The Hall–Kier alpha value is -2.59. The number of hydrogen-bond donors (Lipinski definition) is 2. The van der Waals surface area contributed by atoms with Crippen molar-refractivity contribution in [1.29, 1.82) is 0 Å². The summed E-state index contributed by atoms with van der Waals surface area (Å²) < 4.78 is 5.40. The monoisotopic (exact) mass is 297 g/mol. The van der Waals surface area contributed by atoms with E-state index in [4.69, 9.17) is 4.74 Å². The van der Waals surface area contributed by atoms with Crippen LogP contribution >= 0.6 is 0 Å². The third-order valence-corrected chi connectivity index (χ3v) is 3.24. The molecule has 0 unspecified atom stereocenters. The number of methoxy groups -OCH3 is 1. The van der Waals surface area contributed by atoms with Crippen molar-refractivity contribution in [3.05, 3.63) is 71.8 Å². The van der Waals surface area contributed by atoms with Gasteiger partial charge in [0.25, 0.3) is 0 Å². The van der Waals surface area contributed by atoms with Crippen LogP contribution in [0.1, 0.15) is 17.2 Å². The molecular formula is C18H19NO3. The quantitative estimate of drug-likeness (QED) is 0.806. The molecule has 0 aliphatic heterocycles. The van der Waals surface area contributed by atoms with Crippen LogP contribution in [0, 0.1) is 0 Å². The number of rotatable bonds is 6. The first-order valence-corrected chi connectivity index (χ1v) is 7.01. The average Bonchev–Trinajstić information content (AvgIpc) is 2.56. The van der Waals surface area contributed by atoms with Crippen LogP contribution < -0.4 is 5.32 Å². The van der Waals surface area contributed by atoms with Crippen molar-refractivity contribution in [3.63, 3.8) is 0 Å². The Morgan fingerprint density at radius 3 is 2.50 bits per heavy atom. The Balaban J connectivity index is 1.87. The molecule has 1 atom stereocenters. The van der Waals surface area contributed by atoms with Gasteiger partial charge in [-0.1, -0.05) is 42.5 Å². The maximum atomic E-state index is 11.8. The molecule has 114 valence electrons. The molecule has 0 aromatic heterocycles. The number of carbonyl (C=O) groups excluding carboxylic acids is 1. The zero-order valence-electron chi connectivity index (χ0n) is 12.4. The summed E-state index contributed by atoms with van der Waals surface area (Å²) in [6, 6.07) is 16.4. The van der Waals surface area contributed by atoms with E-state index in [9.17, 15) is 9.90 Å². The van der Waals surface area contributed by atoms with Gasteiger partial charge in [0.2, 0.25) is 5.91 Å². The van der Waals surface area contributed by atoms with Gasteiger partial charge in [-0.2, -0.15) is 0 Å². The van der Waals surface area contributed by atoms with Crippen molar-refractivity contribution < 1.29 is 14.6 Å². The molecule has 4 nitrogen and oxygen atoms in total. The highest BCUT2D eigenvalue weighted by Crippen LogP contribution is 2.15. The molecule has 0 saturated carbocycles. The maximum absolute atomic E-state index is 11.8. The molecular weight excluding hydrogens is 278 g/mol. The van der Waals surface area contributed by atoms with Gasteiger partial charge in [0.05, 0.1) is 6.10 Å². The lowest BCUT2D eigenvalue weighted by molar-refractivity contribution is -0.117. The Morgan fingerprint density at radius 2 is 1.86 bits per heavy atom. The number of phenolic OH excluding ortho intramolecular Hbond substituents is 1. The molecule has 0 radical (unpaired) electrons. The normalized spacial score (nSPS) is 12.2. The molecule has 0 saturated heterocycles. The highest BCUT2D eigenvalue weighted by Gasteiger charge is 2.10. The van der Waals surface area contributed by atoms with Crippen molar-refractivity contribution in [2.45, 2.75) is 6.10 Å². The van der Waals surface area contributed by atoms with E-state index in [2.05, 4.69) is 5.32 Å². The Morgan fingerprint density at radius 1 is 1.18 bits per heavy atom. The minimum absolute atomic E-state index is 0.174. The van der Waals surface area contributed by atoms with Crippen LogP contribution in [-0.4, -0.2) is 24.7 Å². The molecule has 0 aliphatic carbocycles. The molecule has 0 aliphatic rings. The van der Waals surface area contributed by atoms with Crippen molar-refractivity contribution in [1.82, 2.24) is 5.32 Å². The molecule has 2 N–H and O–H groups in total. The molecule has 0 fully saturated rings. The van der Waals surface area contributed by atoms with Gasteiger partial charge in [-0.25, -0.2) is 0 Å². The van der Waals surface area contributed by atoms with Gasteiger partial charge in [-0.15, -0.1) is 0 Å². The first kappa shape index (κ1) is 15.8. The Bertz CT molecular complexity index is 621. The van der Waals surface area contributed by atoms with E-state index in [1.807, 2.05) is 30.3 Å². The number of hydrogen-bond acceptors (Lipinski definition) is 3. The highest BCUT2D eigenvalue weighted by molar-refractivity contribution is 5.91. The van der Waals surface area contributed by atoms with Gasteiger partial charge in [0.15, 0.2) is 0 Å². The van der Waals surface area contributed by atoms with E-state index in [-0.39, 0.29) is 17.8 Å². The SMILES string of the molecule is CO[C@H](CNC(=O)/C=C/c1ccc(O)cc1)c1ccccc1. The lowest BCUT2D eigenvalue weighted by atomic mass is 10.1. The molecule has 0 heterocycles. The van der Waals surface area contributed by atoms with Crippen molar-refractivity contribution in [2.75, 3.05) is 13.7 Å². The van der Waals surface area contributed by atoms with Crippen molar-refractivity contribution in [3.8, 4) is 5.75 Å². The summed E-state index contributed by atoms with van der Waals surface area (Å²) in [7, 11) is 1.62. The smallest absolute Gasteiger partial charge is 0.244 e. The van der Waals surface area contributed by atoms with Gasteiger partial charge in [0, 0.05) is 19.7 Å². The van der Waals surface area contributed by atoms with Crippen LogP contribution in [0.4, 0.5) is 0 Å². The fourth-order valence-electron chi connectivity index (χ4n) is 2.01. The number of aromatic hydroxyl groups is 1. The number of phenols is 1. The first-order chi connectivity index (χ1) is 10.7. The minimum atomic E-state index is -0.189. The largest absolute Gasteiger partial charge is 0.508 e. The summed E-state index contributed by atoms with van der Waals surface area (Å²) in [6.07, 6.45) is 2.98. The Kier molecular flexibility index (Phi) is 5.74. The van der Waals surface area contributed by atoms with Gasteiger partial charge in [-0.3, -0.25) is 4.79 Å². The standard InChI is InChI=1S/C18H19NO3/c1-22-17(15-5-3-2-4-6-15)13-19-18(21)12-9-14-7-10-16(20)11-8-14/h2-12,17,20H,13H2,1H3,(H,19,21)/b12-9+/t17-/m1/s1. The van der Waals surface area contributed by atoms with Crippen molar-refractivity contribution in [2.24, 2.45) is 0 Å². The molecule has 1 amide bonds. The van der Waals surface area contributed by atoms with E-state index < -0.39 is 0 Å². The van der Waals surface area contributed by atoms with Gasteiger partial charge in [-0.05, 0) is 29.3 Å². The lowest BCUT2D eigenvalue weighted by Gasteiger charge is -2.15. The summed E-state index contributed by atoms with van der Waals surface area (Å²) >= 11 is 0. The molecule has 2 aromatic carbocycles. The number of benzene rings is 2. The maximum Gasteiger partial charge on any atom is 0.244 e. The molecule has 0 bridgehead atoms. The summed E-state index contributed by atoms with van der Waals surface area (Å²) in [6.45, 7) is 0.402. The van der Waals surface area contributed by atoms with E-state index in [0.717, 1.165) is 11.1 Å². The average molecular weight is 297 g/mol. The zero-order valence-corrected chi connectivity index (χ0v) is 12.4. The third-order valence-electron chi connectivity index (χ3n) is 3.24.